The number of carbonyl (C=O) groups excluding carboxylic acids is 1. The fourth-order valence-corrected chi connectivity index (χ4v) is 3.28. The largest absolute Gasteiger partial charge is 0.489 e. The fraction of sp³-hybridized carbons (Fsp3) is 0.263. The third-order valence-electron chi connectivity index (χ3n) is 4.07. The highest BCUT2D eigenvalue weighted by molar-refractivity contribution is 7.99. The van der Waals surface area contributed by atoms with E-state index >= 15 is 0 Å². The van der Waals surface area contributed by atoms with Gasteiger partial charge in [0, 0.05) is 5.69 Å². The Morgan fingerprint density at radius 2 is 1.93 bits per heavy atom. The van der Waals surface area contributed by atoms with E-state index in [0.29, 0.717) is 17.8 Å². The number of thioether (sulfide) groups is 1. The summed E-state index contributed by atoms with van der Waals surface area (Å²) >= 11 is 1.35. The number of ether oxygens (including phenoxy) is 1. The molecule has 1 N–H and O–H groups in total. The molecule has 1 amide bonds. The summed E-state index contributed by atoms with van der Waals surface area (Å²) in [5, 5.41) is 15.2. The van der Waals surface area contributed by atoms with Crippen LogP contribution in [0.2, 0.25) is 0 Å². The molecule has 0 radical (unpaired) electrons. The number of aromatic nitrogens is 4. The van der Waals surface area contributed by atoms with Crippen LogP contribution in [0, 0.1) is 0 Å². The Kier molecular flexibility index (Phi) is 5.34. The molecule has 7 nitrogen and oxygen atoms in total. The van der Waals surface area contributed by atoms with E-state index in [1.807, 2.05) is 54.6 Å². The maximum absolute atomic E-state index is 12.2. The molecule has 0 atom stereocenters. The number of anilines is 1. The van der Waals surface area contributed by atoms with Crippen molar-refractivity contribution >= 4 is 23.4 Å². The minimum atomic E-state index is -0.0942. The summed E-state index contributed by atoms with van der Waals surface area (Å²) < 4.78 is 7.55. The fourth-order valence-electron chi connectivity index (χ4n) is 2.53. The van der Waals surface area contributed by atoms with E-state index in [4.69, 9.17) is 4.74 Å². The number of nitrogens with zero attached hydrogens (tertiary/aromatic N) is 4. The van der Waals surface area contributed by atoms with Crippen molar-refractivity contribution in [2.75, 3.05) is 11.1 Å². The number of benzene rings is 2. The number of hydrogen-bond donors (Lipinski definition) is 1. The van der Waals surface area contributed by atoms with Gasteiger partial charge in [0.1, 0.15) is 12.4 Å². The molecular weight excluding hydrogens is 362 g/mol. The molecule has 138 valence electrons. The number of nitrogens with one attached hydrogen (secondary N) is 1. The first kappa shape index (κ1) is 17.5. The van der Waals surface area contributed by atoms with Crippen LogP contribution in [-0.2, 0) is 11.4 Å². The second-order valence-electron chi connectivity index (χ2n) is 6.27. The summed E-state index contributed by atoms with van der Waals surface area (Å²) in [4.78, 5) is 12.2. The van der Waals surface area contributed by atoms with E-state index in [2.05, 4.69) is 20.8 Å². The smallest absolute Gasteiger partial charge is 0.234 e. The van der Waals surface area contributed by atoms with E-state index in [1.165, 1.54) is 11.8 Å². The van der Waals surface area contributed by atoms with Gasteiger partial charge in [-0.1, -0.05) is 42.1 Å². The zero-order valence-corrected chi connectivity index (χ0v) is 15.4. The van der Waals surface area contributed by atoms with Crippen molar-refractivity contribution in [1.29, 1.82) is 0 Å². The average Bonchev–Trinajstić information content (AvgIpc) is 3.44. The summed E-state index contributed by atoms with van der Waals surface area (Å²) in [7, 11) is 0. The SMILES string of the molecule is O=C(CSc1nnnn1C1CC1)Nc1ccc(OCc2ccccc2)cc1. The molecule has 1 aliphatic carbocycles. The average molecular weight is 381 g/mol. The maximum Gasteiger partial charge on any atom is 0.234 e. The Morgan fingerprint density at radius 1 is 1.15 bits per heavy atom. The van der Waals surface area contributed by atoms with Gasteiger partial charge in [-0.3, -0.25) is 4.79 Å². The number of amides is 1. The molecule has 0 bridgehead atoms. The number of carbonyl (C=O) groups is 1. The first-order valence-electron chi connectivity index (χ1n) is 8.75. The third-order valence-corrected chi connectivity index (χ3v) is 5.01. The van der Waals surface area contributed by atoms with Crippen molar-refractivity contribution in [3.05, 3.63) is 60.2 Å². The van der Waals surface area contributed by atoms with Gasteiger partial charge in [0.05, 0.1) is 11.8 Å². The highest BCUT2D eigenvalue weighted by Crippen LogP contribution is 2.36. The summed E-state index contributed by atoms with van der Waals surface area (Å²) in [5.74, 6) is 0.928. The van der Waals surface area contributed by atoms with Crippen molar-refractivity contribution < 1.29 is 9.53 Å². The van der Waals surface area contributed by atoms with Gasteiger partial charge in [-0.25, -0.2) is 4.68 Å². The summed E-state index contributed by atoms with van der Waals surface area (Å²) in [6.07, 6.45) is 2.20. The van der Waals surface area contributed by atoms with Crippen LogP contribution in [0.4, 0.5) is 5.69 Å². The normalized spacial score (nSPS) is 13.3. The first-order valence-corrected chi connectivity index (χ1v) is 9.74. The van der Waals surface area contributed by atoms with Gasteiger partial charge in [0.15, 0.2) is 0 Å². The maximum atomic E-state index is 12.2. The molecular formula is C19H19N5O2S. The first-order chi connectivity index (χ1) is 13.3. The van der Waals surface area contributed by atoms with Crippen LogP contribution in [0.25, 0.3) is 0 Å². The molecule has 0 unspecified atom stereocenters. The predicted octanol–water partition coefficient (Wildman–Crippen LogP) is 3.32. The second kappa shape index (κ2) is 8.22. The predicted molar refractivity (Wildman–Crippen MR) is 103 cm³/mol. The minimum absolute atomic E-state index is 0.0942. The van der Waals surface area contributed by atoms with Gasteiger partial charge in [-0.15, -0.1) is 5.10 Å². The van der Waals surface area contributed by atoms with E-state index < -0.39 is 0 Å². The third kappa shape index (κ3) is 4.85. The second-order valence-corrected chi connectivity index (χ2v) is 7.22. The minimum Gasteiger partial charge on any atom is -0.489 e. The molecule has 1 aromatic heterocycles. The van der Waals surface area contributed by atoms with Gasteiger partial charge in [-0.2, -0.15) is 0 Å². The van der Waals surface area contributed by atoms with Crippen molar-refractivity contribution in [1.82, 2.24) is 20.2 Å². The number of rotatable bonds is 8. The van der Waals surface area contributed by atoms with Crippen LogP contribution >= 0.6 is 11.8 Å². The Balaban J connectivity index is 1.25. The monoisotopic (exact) mass is 381 g/mol. The van der Waals surface area contributed by atoms with Crippen LogP contribution in [0.3, 0.4) is 0 Å². The van der Waals surface area contributed by atoms with Crippen molar-refractivity contribution in [3.8, 4) is 5.75 Å². The summed E-state index contributed by atoms with van der Waals surface area (Å²) in [6.45, 7) is 0.513. The molecule has 1 heterocycles. The van der Waals surface area contributed by atoms with Crippen LogP contribution in [0.15, 0.2) is 59.8 Å². The Labute approximate surface area is 161 Å². The summed E-state index contributed by atoms with van der Waals surface area (Å²) in [6, 6.07) is 17.7. The van der Waals surface area contributed by atoms with Crippen LogP contribution in [-0.4, -0.2) is 31.9 Å². The molecule has 3 aromatic rings. The zero-order valence-electron chi connectivity index (χ0n) is 14.6. The lowest BCUT2D eigenvalue weighted by Gasteiger charge is -2.08. The molecule has 0 aliphatic heterocycles. The molecule has 0 spiro atoms. The van der Waals surface area contributed by atoms with E-state index in [-0.39, 0.29) is 11.7 Å². The van der Waals surface area contributed by atoms with Crippen molar-refractivity contribution in [2.24, 2.45) is 0 Å². The molecule has 8 heteroatoms. The quantitative estimate of drug-likeness (QED) is 0.603. The zero-order chi connectivity index (χ0) is 18.5. The number of tetrazole rings is 1. The molecule has 27 heavy (non-hydrogen) atoms. The standard InChI is InChI=1S/C19H19N5O2S/c25-18(13-27-19-21-22-23-24(19)16-8-9-16)20-15-6-10-17(11-7-15)26-12-14-4-2-1-3-5-14/h1-7,10-11,16H,8-9,12-13H2,(H,20,25). The topological polar surface area (TPSA) is 81.9 Å². The molecule has 1 aliphatic rings. The van der Waals surface area contributed by atoms with Gasteiger partial charge >= 0.3 is 0 Å². The lowest BCUT2D eigenvalue weighted by molar-refractivity contribution is -0.113. The molecule has 1 saturated carbocycles. The van der Waals surface area contributed by atoms with Crippen LogP contribution in [0.5, 0.6) is 5.75 Å². The lowest BCUT2D eigenvalue weighted by Crippen LogP contribution is -2.14. The summed E-state index contributed by atoms with van der Waals surface area (Å²) in [5.41, 5.74) is 1.84. The molecule has 0 saturated heterocycles. The van der Waals surface area contributed by atoms with Gasteiger partial charge < -0.3 is 10.1 Å². The Bertz CT molecular complexity index is 894. The van der Waals surface area contributed by atoms with Crippen LogP contribution in [0.1, 0.15) is 24.4 Å². The molecule has 2 aromatic carbocycles. The van der Waals surface area contributed by atoms with E-state index in [0.717, 1.165) is 29.8 Å². The van der Waals surface area contributed by atoms with Gasteiger partial charge in [0.2, 0.25) is 11.1 Å². The lowest BCUT2D eigenvalue weighted by atomic mass is 10.2. The van der Waals surface area contributed by atoms with Gasteiger partial charge in [-0.05, 0) is 53.1 Å². The number of hydrogen-bond acceptors (Lipinski definition) is 6. The van der Waals surface area contributed by atoms with Crippen molar-refractivity contribution in [2.45, 2.75) is 30.6 Å². The van der Waals surface area contributed by atoms with Crippen molar-refractivity contribution in [3.63, 3.8) is 0 Å². The molecule has 4 rings (SSSR count). The highest BCUT2D eigenvalue weighted by atomic mass is 32.2. The van der Waals surface area contributed by atoms with Crippen LogP contribution < -0.4 is 10.1 Å². The highest BCUT2D eigenvalue weighted by Gasteiger charge is 2.28. The van der Waals surface area contributed by atoms with E-state index in [9.17, 15) is 4.79 Å². The van der Waals surface area contributed by atoms with E-state index in [1.54, 1.807) is 4.68 Å². The Hall–Kier alpha value is -2.87. The molecule has 1 fully saturated rings. The Morgan fingerprint density at radius 3 is 2.67 bits per heavy atom. The van der Waals surface area contributed by atoms with Gasteiger partial charge in [0.25, 0.3) is 0 Å².